The Balaban J connectivity index is 0.900. The number of benzene rings is 5. The van der Waals surface area contributed by atoms with Crippen LogP contribution < -0.4 is 29.9 Å². The summed E-state index contributed by atoms with van der Waals surface area (Å²) in [6.07, 6.45) is -9.68. The lowest BCUT2D eigenvalue weighted by molar-refractivity contribution is -0.270. The van der Waals surface area contributed by atoms with E-state index < -0.39 is 97.0 Å². The van der Waals surface area contributed by atoms with Crippen molar-refractivity contribution in [2.24, 2.45) is 0 Å². The van der Waals surface area contributed by atoms with E-state index in [4.69, 9.17) is 42.1 Å². The number of hydrogen-bond acceptors (Lipinski definition) is 18. The number of amides is 6. The number of rotatable bonds is 22. The molecule has 0 bridgehead atoms. The highest BCUT2D eigenvalue weighted by Crippen LogP contribution is 2.48. The number of carbonyl (C=O) groups excluding carboxylic acids is 6. The molecular formula is C63H63Cl2N5O20. The van der Waals surface area contributed by atoms with Gasteiger partial charge in [-0.2, -0.15) is 0 Å². The van der Waals surface area contributed by atoms with Crippen LogP contribution in [-0.2, 0) is 47.8 Å². The average Bonchev–Trinajstić information content (AvgIpc) is 1.54. The smallest absolute Gasteiger partial charge is 0.335 e. The zero-order chi connectivity index (χ0) is 64.2. The first-order chi connectivity index (χ1) is 43.2. The number of aliphatic hydroxyl groups excluding tert-OH is 6. The molecule has 0 spiro atoms. The van der Waals surface area contributed by atoms with Crippen LogP contribution in [0.5, 0.6) is 11.5 Å². The molecule has 0 aliphatic carbocycles. The van der Waals surface area contributed by atoms with Crippen LogP contribution in [0.15, 0.2) is 103 Å². The van der Waals surface area contributed by atoms with Crippen molar-refractivity contribution in [1.29, 1.82) is 0 Å². The lowest BCUT2D eigenvalue weighted by atomic mass is 9.95. The summed E-state index contributed by atoms with van der Waals surface area (Å²) in [5, 5.41) is 90.6. The number of fused-ring (bicyclic) bond motifs is 6. The standard InChI is InChI=1S/C63H63Cl2N5O20/c64-27-33-29-69(40-25-42(35-8-3-5-10-37(35)50(33)40)87-62-56(81)52(77)54(79)58(89-62)60(83)84)48(75)17-14-31-13-15-32(39(24-31)67-45(72)21-22-66-44(71)12-2-1-7-23-68-46(73)19-20-47(68)74)16-18-49(76)70-30-34(28-65)51-38-11-6-4-9-36(38)43(26-41(51)70)88-63-57(82)53(78)55(80)59(90-63)61(85)86/h3-6,8-11,13-20,24-26,33-34,52-59,62-63,77-82H,1-2,7,12,21-23,27-30H2,(H,66,71)(H,67,72)(H,83,84)(H,85,86)/b17-14+,18-16+/t33-,34-,52+,53+,54+,55+,56-,57-,58+,59+,62-,63-/m1/s1. The van der Waals surface area contributed by atoms with Gasteiger partial charge < -0.3 is 80.2 Å². The minimum atomic E-state index is -1.97. The quantitative estimate of drug-likeness (QED) is 0.0206. The fourth-order valence-electron chi connectivity index (χ4n) is 11.7. The Kier molecular flexibility index (Phi) is 20.0. The monoisotopic (exact) mass is 1280 g/mol. The van der Waals surface area contributed by atoms with E-state index in [9.17, 15) is 79.2 Å². The number of aliphatic carboxylic acids is 2. The number of halogens is 2. The Bertz CT molecular complexity index is 3730. The third-order valence-electron chi connectivity index (χ3n) is 16.3. The third kappa shape index (κ3) is 13.4. The molecule has 27 heteroatoms. The zero-order valence-electron chi connectivity index (χ0n) is 47.8. The fourth-order valence-corrected chi connectivity index (χ4v) is 12.2. The fraction of sp³-hybridized carbons (Fsp3) is 0.365. The molecule has 12 atom stereocenters. The number of carboxylic acids is 2. The number of hydrogen-bond donors (Lipinski definition) is 10. The summed E-state index contributed by atoms with van der Waals surface area (Å²) in [5.74, 6) is -6.47. The predicted molar refractivity (Wildman–Crippen MR) is 325 cm³/mol. The number of alkyl halides is 2. The Morgan fingerprint density at radius 1 is 0.578 bits per heavy atom. The van der Waals surface area contributed by atoms with Crippen LogP contribution in [0.4, 0.5) is 17.1 Å². The first-order valence-electron chi connectivity index (χ1n) is 28.8. The van der Waals surface area contributed by atoms with Crippen molar-refractivity contribution < 1.29 is 98.2 Å². The number of carbonyl (C=O) groups is 8. The summed E-state index contributed by atoms with van der Waals surface area (Å²) in [5.41, 5.74) is 3.00. The van der Waals surface area contributed by atoms with Crippen molar-refractivity contribution in [3.8, 4) is 11.5 Å². The Hall–Kier alpha value is -8.34. The van der Waals surface area contributed by atoms with E-state index in [0.29, 0.717) is 74.4 Å². The SMILES string of the molecule is O=C(CCCCCN1C(=O)C=CC1=O)NCCC(=O)Nc1cc(/C=C/C(=O)N2C[C@@H](CCl)c3c2cc(O[C@@H]2O[C@H](C(=O)O)[C@@H](O)[C@H](O)[C@H]2O)c2ccccc32)ccc1/C=C/C(=O)N1C[C@@H](CCl)c2c1cc(O[C@@H]1O[C@H](C(=O)O)[C@@H](O)[C@H](O)[C@H]1O)c1ccccc21. The van der Waals surface area contributed by atoms with Crippen molar-refractivity contribution in [2.45, 2.75) is 105 Å². The van der Waals surface area contributed by atoms with E-state index in [0.717, 1.165) is 4.90 Å². The maximum absolute atomic E-state index is 14.5. The first kappa shape index (κ1) is 64.6. The molecule has 0 saturated carbocycles. The van der Waals surface area contributed by atoms with E-state index in [2.05, 4.69) is 10.6 Å². The van der Waals surface area contributed by atoms with Crippen LogP contribution in [0.1, 0.15) is 66.2 Å². The van der Waals surface area contributed by atoms with Gasteiger partial charge in [-0.25, -0.2) is 9.59 Å². The Labute approximate surface area is 522 Å². The van der Waals surface area contributed by atoms with Crippen LogP contribution >= 0.6 is 23.2 Å². The summed E-state index contributed by atoms with van der Waals surface area (Å²) in [6.45, 7) is 0.372. The van der Waals surface area contributed by atoms with Gasteiger partial charge in [0, 0.05) is 116 Å². The second-order valence-corrected chi connectivity index (χ2v) is 22.8. The van der Waals surface area contributed by atoms with Crippen molar-refractivity contribution in [1.82, 2.24) is 10.2 Å². The van der Waals surface area contributed by atoms with Crippen LogP contribution in [0, 0.1) is 0 Å². The highest BCUT2D eigenvalue weighted by Gasteiger charge is 2.50. The molecule has 25 nitrogen and oxygen atoms in total. The highest BCUT2D eigenvalue weighted by molar-refractivity contribution is 6.20. The summed E-state index contributed by atoms with van der Waals surface area (Å²) < 4.78 is 23.0. The van der Waals surface area contributed by atoms with Gasteiger partial charge in [0.15, 0.2) is 12.2 Å². The molecule has 474 valence electrons. The Morgan fingerprint density at radius 3 is 1.56 bits per heavy atom. The number of anilines is 3. The molecule has 5 aliphatic heterocycles. The molecule has 90 heavy (non-hydrogen) atoms. The average molecular weight is 1280 g/mol. The van der Waals surface area contributed by atoms with E-state index in [1.807, 2.05) is 0 Å². The van der Waals surface area contributed by atoms with Crippen molar-refractivity contribution in [2.75, 3.05) is 53.1 Å². The molecule has 5 aromatic rings. The molecule has 10 rings (SSSR count). The second kappa shape index (κ2) is 27.8. The van der Waals surface area contributed by atoms with Crippen LogP contribution in [0.2, 0.25) is 0 Å². The molecule has 5 aliphatic rings. The second-order valence-electron chi connectivity index (χ2n) is 22.1. The van der Waals surface area contributed by atoms with Crippen molar-refractivity contribution in [3.05, 3.63) is 125 Å². The van der Waals surface area contributed by atoms with Gasteiger partial charge in [0.2, 0.25) is 24.4 Å². The minimum absolute atomic E-state index is 0.0383. The number of carboxylic acid groups (broad SMARTS) is 2. The van der Waals surface area contributed by atoms with Gasteiger partial charge in [-0.3, -0.25) is 33.7 Å². The number of aliphatic hydroxyl groups is 6. The predicted octanol–water partition coefficient (Wildman–Crippen LogP) is 3.23. The number of unbranched alkanes of at least 4 members (excludes halogenated alkanes) is 2. The van der Waals surface area contributed by atoms with Crippen molar-refractivity contribution in [3.63, 3.8) is 0 Å². The zero-order valence-corrected chi connectivity index (χ0v) is 49.3. The Morgan fingerprint density at radius 2 is 1.07 bits per heavy atom. The molecule has 5 aromatic carbocycles. The van der Waals surface area contributed by atoms with Gasteiger partial charge in [0.1, 0.15) is 48.1 Å². The number of ether oxygens (including phenoxy) is 4. The largest absolute Gasteiger partial charge is 0.479 e. The van der Waals surface area contributed by atoms with Gasteiger partial charge in [0.25, 0.3) is 23.6 Å². The lowest BCUT2D eigenvalue weighted by Gasteiger charge is -2.38. The van der Waals surface area contributed by atoms with Crippen LogP contribution in [-0.4, -0.2) is 192 Å². The van der Waals surface area contributed by atoms with Crippen LogP contribution in [0.25, 0.3) is 33.7 Å². The van der Waals surface area contributed by atoms with Crippen LogP contribution in [0.3, 0.4) is 0 Å². The lowest BCUT2D eigenvalue weighted by Crippen LogP contribution is -2.61. The minimum Gasteiger partial charge on any atom is -0.479 e. The molecule has 0 aromatic heterocycles. The third-order valence-corrected chi connectivity index (χ3v) is 17.1. The normalized spacial score (nSPS) is 25.5. The molecule has 6 amide bonds. The maximum atomic E-state index is 14.5. The molecule has 2 saturated heterocycles. The number of nitrogens with zero attached hydrogens (tertiary/aromatic N) is 3. The summed E-state index contributed by atoms with van der Waals surface area (Å²) in [7, 11) is 0. The first-order valence-corrected chi connectivity index (χ1v) is 29.9. The van der Waals surface area contributed by atoms with E-state index in [1.165, 1.54) is 58.4 Å². The number of nitrogens with one attached hydrogen (secondary N) is 2. The molecule has 5 heterocycles. The maximum Gasteiger partial charge on any atom is 0.335 e. The molecule has 2 fully saturated rings. The topological polar surface area (TPSA) is 369 Å². The van der Waals surface area contributed by atoms with Crippen molar-refractivity contribution >= 4 is 121 Å². The van der Waals surface area contributed by atoms with Gasteiger partial charge in [-0.1, -0.05) is 67.1 Å². The number of imide groups is 1. The molecule has 0 unspecified atom stereocenters. The molecule has 0 radical (unpaired) electrons. The molecular weight excluding hydrogens is 1220 g/mol. The molecule has 10 N–H and O–H groups in total. The summed E-state index contributed by atoms with van der Waals surface area (Å²) in [6, 6.07) is 21.7. The van der Waals surface area contributed by atoms with E-state index >= 15 is 0 Å². The van der Waals surface area contributed by atoms with Gasteiger partial charge in [0.05, 0.1) is 11.4 Å². The van der Waals surface area contributed by atoms with Gasteiger partial charge in [-0.05, 0) is 64.1 Å². The van der Waals surface area contributed by atoms with Gasteiger partial charge in [-0.15, -0.1) is 23.2 Å². The van der Waals surface area contributed by atoms with E-state index in [1.54, 1.807) is 66.7 Å². The van der Waals surface area contributed by atoms with E-state index in [-0.39, 0.29) is 91.6 Å². The summed E-state index contributed by atoms with van der Waals surface area (Å²) >= 11 is 13.1. The summed E-state index contributed by atoms with van der Waals surface area (Å²) in [4.78, 5) is 107. The van der Waals surface area contributed by atoms with Gasteiger partial charge >= 0.3 is 11.9 Å². The highest BCUT2D eigenvalue weighted by atomic mass is 35.5.